The topological polar surface area (TPSA) is 33.5 Å². The molecule has 0 fully saturated rings. The van der Waals surface area contributed by atoms with Crippen molar-refractivity contribution in [3.05, 3.63) is 185 Å². The van der Waals surface area contributed by atoms with Gasteiger partial charge in [0.1, 0.15) is 5.82 Å². The first-order valence-electron chi connectivity index (χ1n) is 24.3. The molecule has 0 bridgehead atoms. The molecule has 0 aliphatic carbocycles. The number of hydrogen-bond acceptors (Lipinski definition) is 4. The van der Waals surface area contributed by atoms with Crippen LogP contribution in [0.4, 0.5) is 22.7 Å². The second-order valence-electron chi connectivity index (χ2n) is 23.8. The van der Waals surface area contributed by atoms with Gasteiger partial charge in [0.05, 0.1) is 0 Å². The van der Waals surface area contributed by atoms with Gasteiger partial charge in [-0.3, -0.25) is 0 Å². The van der Waals surface area contributed by atoms with E-state index >= 15 is 0 Å². The van der Waals surface area contributed by atoms with Crippen LogP contribution < -0.4 is 14.5 Å². The molecule has 0 atom stereocenters. The van der Waals surface area contributed by atoms with Crippen LogP contribution in [0.3, 0.4) is 0 Å². The van der Waals surface area contributed by atoms with E-state index in [2.05, 4.69) is 259 Å². The van der Waals surface area contributed by atoms with Crippen LogP contribution in [0, 0.1) is 32.6 Å². The summed E-state index contributed by atoms with van der Waals surface area (Å²) in [4.78, 5) is 9.64. The molecule has 9 rings (SSSR count). The Kier molecular flexibility index (Phi) is 12.7. The molecular formula is C63H69N4OPt-3. The van der Waals surface area contributed by atoms with Crippen molar-refractivity contribution in [2.75, 3.05) is 9.80 Å². The first kappa shape index (κ1) is 49.8. The van der Waals surface area contributed by atoms with Gasteiger partial charge in [-0.25, -0.2) is 4.98 Å². The molecule has 6 aromatic carbocycles. The molecule has 3 heterocycles. The monoisotopic (exact) mass is 1090 g/mol. The van der Waals surface area contributed by atoms with Gasteiger partial charge in [0.2, 0.25) is 0 Å². The van der Waals surface area contributed by atoms with Crippen molar-refractivity contribution in [2.45, 2.75) is 138 Å². The molecule has 2 aromatic heterocycles. The van der Waals surface area contributed by atoms with Gasteiger partial charge in [0.15, 0.2) is 0 Å². The minimum absolute atomic E-state index is 0. The summed E-state index contributed by atoms with van der Waals surface area (Å²) in [5.41, 5.74) is 15.7. The summed E-state index contributed by atoms with van der Waals surface area (Å²) in [7, 11) is 0. The Morgan fingerprint density at radius 2 is 1.09 bits per heavy atom. The van der Waals surface area contributed by atoms with Gasteiger partial charge >= 0.3 is 0 Å². The fourth-order valence-corrected chi connectivity index (χ4v) is 9.34. The van der Waals surface area contributed by atoms with Crippen LogP contribution in [0.1, 0.15) is 141 Å². The number of aromatic nitrogens is 2. The molecule has 0 saturated carbocycles. The third-order valence-corrected chi connectivity index (χ3v) is 14.2. The number of pyridine rings is 1. The van der Waals surface area contributed by atoms with Crippen molar-refractivity contribution >= 4 is 44.6 Å². The maximum Gasteiger partial charge on any atom is 0.135 e. The minimum atomic E-state index is -0.369. The van der Waals surface area contributed by atoms with Crippen LogP contribution in [0.15, 0.2) is 121 Å². The summed E-state index contributed by atoms with van der Waals surface area (Å²) in [6.45, 7) is 38.6. The Balaban J connectivity index is 0.00000642. The molecule has 6 heteroatoms. The summed E-state index contributed by atoms with van der Waals surface area (Å²) >= 11 is 0. The SMILES string of the molecule is Cc1cc2c(cc1C)N(c1cc(C(C)(C)C)cc(C(C)(C)C)c1)[CH-]N2c1[c-]c(Oc2[c-]c3c(cc2)c2cc(C(C)(C)C)ccc2n3-c2cc(C(C)(C)C)ccn2)cc(C(C)(C)c2ccccc2)c1.[Pt]. The first-order valence-corrected chi connectivity index (χ1v) is 24.3. The number of nitrogens with zero attached hydrogens (tertiary/aromatic N) is 4. The zero-order valence-electron chi connectivity index (χ0n) is 43.6. The molecule has 1 aliphatic rings. The maximum atomic E-state index is 7.05. The van der Waals surface area contributed by atoms with E-state index < -0.39 is 0 Å². The number of hydrogen-bond donors (Lipinski definition) is 0. The molecule has 360 valence electrons. The Labute approximate surface area is 427 Å². The largest absolute Gasteiger partial charge is 0.509 e. The fourth-order valence-electron chi connectivity index (χ4n) is 9.34. The average molecular weight is 1090 g/mol. The predicted octanol–water partition coefficient (Wildman–Crippen LogP) is 17.1. The van der Waals surface area contributed by atoms with Gasteiger partial charge < -0.3 is 19.1 Å². The number of benzene rings is 6. The molecule has 0 spiro atoms. The van der Waals surface area contributed by atoms with E-state index in [9.17, 15) is 0 Å². The van der Waals surface area contributed by atoms with E-state index in [1.165, 1.54) is 44.3 Å². The minimum Gasteiger partial charge on any atom is -0.509 e. The molecule has 8 aromatic rings. The van der Waals surface area contributed by atoms with Crippen molar-refractivity contribution in [3.8, 4) is 17.3 Å². The number of anilines is 4. The second kappa shape index (κ2) is 17.6. The standard InChI is InChI=1S/C63H69N4O.Pt/c1-40-28-56-57(29-41(40)2)66(39-65(56)48-31-45(61(9,10)11)30-46(32-48)62(12,13)14)49-33-47(63(15,16)42-20-18-17-19-21-42)34-51(37-49)68-50-23-24-52-53-35-43(59(3,4)5)22-25-54(53)67(55(52)38-50)58-36-44(26-27-64-58)60(6,7)8;/h17-36,39H,1-16H3;/q-3;. The molecule has 0 amide bonds. The average Bonchev–Trinajstić information content (AvgIpc) is 3.80. The molecule has 5 nitrogen and oxygen atoms in total. The van der Waals surface area contributed by atoms with Gasteiger partial charge in [-0.15, -0.1) is 53.6 Å². The number of ether oxygens (including phenoxy) is 1. The zero-order chi connectivity index (χ0) is 48.9. The fraction of sp³-hybridized carbons (Fsp3) is 0.333. The summed E-state index contributed by atoms with van der Waals surface area (Å²) < 4.78 is 9.30. The van der Waals surface area contributed by atoms with Crippen LogP contribution in [-0.4, -0.2) is 9.55 Å². The van der Waals surface area contributed by atoms with Crippen LogP contribution in [0.25, 0.3) is 27.6 Å². The quantitative estimate of drug-likeness (QED) is 0.149. The van der Waals surface area contributed by atoms with Crippen LogP contribution in [0.5, 0.6) is 11.5 Å². The maximum absolute atomic E-state index is 7.05. The van der Waals surface area contributed by atoms with Crippen molar-refractivity contribution < 1.29 is 25.8 Å². The van der Waals surface area contributed by atoms with E-state index in [0.717, 1.165) is 50.6 Å². The zero-order valence-corrected chi connectivity index (χ0v) is 45.9. The van der Waals surface area contributed by atoms with Crippen LogP contribution >= 0.6 is 0 Å². The Hall–Kier alpha value is -5.64. The predicted molar refractivity (Wildman–Crippen MR) is 287 cm³/mol. The molecule has 0 radical (unpaired) electrons. The number of fused-ring (bicyclic) bond motifs is 4. The number of rotatable bonds is 7. The molecule has 0 saturated heterocycles. The third-order valence-electron chi connectivity index (χ3n) is 14.2. The molecule has 0 unspecified atom stereocenters. The van der Waals surface area contributed by atoms with Gasteiger partial charge in [-0.2, -0.15) is 6.07 Å². The smallest absolute Gasteiger partial charge is 0.135 e. The van der Waals surface area contributed by atoms with Crippen molar-refractivity contribution in [1.29, 1.82) is 0 Å². The first-order chi connectivity index (χ1) is 31.8. The summed E-state index contributed by atoms with van der Waals surface area (Å²) in [6.07, 6.45) is 1.93. The van der Waals surface area contributed by atoms with Crippen LogP contribution in [-0.2, 0) is 48.1 Å². The molecular weight excluding hydrogens is 1020 g/mol. The number of aryl methyl sites for hydroxylation is 2. The normalized spacial score (nSPS) is 13.6. The second-order valence-corrected chi connectivity index (χ2v) is 23.8. The van der Waals surface area contributed by atoms with E-state index in [0.29, 0.717) is 11.5 Å². The third kappa shape index (κ3) is 9.53. The van der Waals surface area contributed by atoms with Gasteiger partial charge in [-0.1, -0.05) is 151 Å². The Morgan fingerprint density at radius 3 is 1.70 bits per heavy atom. The van der Waals surface area contributed by atoms with E-state index in [-0.39, 0.29) is 48.1 Å². The van der Waals surface area contributed by atoms with E-state index in [4.69, 9.17) is 9.72 Å². The van der Waals surface area contributed by atoms with Crippen LogP contribution in [0.2, 0.25) is 0 Å². The molecule has 1 aliphatic heterocycles. The van der Waals surface area contributed by atoms with E-state index in [1.807, 2.05) is 6.20 Å². The summed E-state index contributed by atoms with van der Waals surface area (Å²) in [5, 5.41) is 2.27. The van der Waals surface area contributed by atoms with Crippen molar-refractivity contribution in [2.24, 2.45) is 0 Å². The summed E-state index contributed by atoms with van der Waals surface area (Å²) in [6, 6.07) is 49.9. The van der Waals surface area contributed by atoms with E-state index in [1.54, 1.807) is 0 Å². The molecule has 69 heavy (non-hydrogen) atoms. The Bertz CT molecular complexity index is 3190. The van der Waals surface area contributed by atoms with Crippen molar-refractivity contribution in [1.82, 2.24) is 9.55 Å². The van der Waals surface area contributed by atoms with Gasteiger partial charge in [0, 0.05) is 61.3 Å². The van der Waals surface area contributed by atoms with Gasteiger partial charge in [0.25, 0.3) is 0 Å². The molecule has 0 N–H and O–H groups in total. The van der Waals surface area contributed by atoms with Gasteiger partial charge in [-0.05, 0) is 128 Å². The summed E-state index contributed by atoms with van der Waals surface area (Å²) in [5.74, 6) is 2.08. The Morgan fingerprint density at radius 1 is 0.493 bits per heavy atom. The van der Waals surface area contributed by atoms with Crippen molar-refractivity contribution in [3.63, 3.8) is 0 Å².